The molecule has 0 aliphatic carbocycles. The molecule has 83 heavy (non-hydrogen) atoms. The highest BCUT2D eigenvalue weighted by Crippen LogP contribution is 2.29. The van der Waals surface area contributed by atoms with E-state index in [-0.39, 0.29) is 11.1 Å². The number of hydrogen-bond acceptors (Lipinski definition) is 19. The Bertz CT molecular complexity index is 3890. The lowest BCUT2D eigenvalue weighted by Crippen LogP contribution is -2.27. The van der Waals surface area contributed by atoms with E-state index >= 15 is 0 Å². The molecule has 1 saturated heterocycles. The first-order valence-electron chi connectivity index (χ1n) is 25.3. The molecule has 0 radical (unpaired) electrons. The summed E-state index contributed by atoms with van der Waals surface area (Å²) < 4.78 is 14.5. The summed E-state index contributed by atoms with van der Waals surface area (Å²) in [6, 6.07) is 32.3. The van der Waals surface area contributed by atoms with Crippen LogP contribution >= 0.6 is 54.8 Å². The van der Waals surface area contributed by atoms with Crippen LogP contribution in [0.1, 0.15) is 60.1 Å². The molecule has 1 atom stereocenters. The molecule has 1 aliphatic rings. The van der Waals surface area contributed by atoms with E-state index in [2.05, 4.69) is 92.9 Å². The van der Waals surface area contributed by atoms with Gasteiger partial charge in [0.15, 0.2) is 5.78 Å². The number of carbonyl (C=O) groups is 3. The molecule has 0 amide bonds. The number of aryl methyl sites for hydroxylation is 1. The van der Waals surface area contributed by atoms with Crippen molar-refractivity contribution in [2.24, 2.45) is 5.73 Å². The smallest absolute Gasteiger partial charge is 0.435 e. The summed E-state index contributed by atoms with van der Waals surface area (Å²) in [5.74, 6) is 2.18. The first-order valence-corrected chi connectivity index (χ1v) is 28.1. The third-order valence-electron chi connectivity index (χ3n) is 11.3. The topological polar surface area (TPSA) is 309 Å². The van der Waals surface area contributed by atoms with E-state index in [0.29, 0.717) is 33.6 Å². The van der Waals surface area contributed by atoms with E-state index in [1.165, 1.54) is 22.2 Å². The van der Waals surface area contributed by atoms with Crippen molar-refractivity contribution in [3.05, 3.63) is 165 Å². The van der Waals surface area contributed by atoms with Crippen LogP contribution in [0.15, 0.2) is 143 Å². The molecule has 7 aromatic heterocycles. The molecule has 1 fully saturated rings. The van der Waals surface area contributed by atoms with Crippen molar-refractivity contribution in [2.75, 3.05) is 48.6 Å². The van der Waals surface area contributed by atoms with E-state index < -0.39 is 17.7 Å². The summed E-state index contributed by atoms with van der Waals surface area (Å²) in [6.07, 6.45) is 8.56. The molecule has 0 bridgehead atoms. The maximum Gasteiger partial charge on any atom is 0.435 e. The van der Waals surface area contributed by atoms with Gasteiger partial charge < -0.3 is 46.6 Å². The zero-order valence-corrected chi connectivity index (χ0v) is 50.8. The molecule has 430 valence electrons. The number of fused-ring (bicyclic) bond motifs is 4. The second kappa shape index (κ2) is 29.0. The van der Waals surface area contributed by atoms with Gasteiger partial charge in [-0.15, -0.1) is 11.3 Å². The van der Waals surface area contributed by atoms with Gasteiger partial charge in [-0.2, -0.15) is 25.1 Å². The van der Waals surface area contributed by atoms with Crippen LogP contribution in [0.2, 0.25) is 5.28 Å². The Kier molecular flexibility index (Phi) is 21.7. The fourth-order valence-corrected chi connectivity index (χ4v) is 9.34. The van der Waals surface area contributed by atoms with Crippen molar-refractivity contribution in [2.45, 2.75) is 52.7 Å². The molecule has 12 rings (SSSR count). The summed E-state index contributed by atoms with van der Waals surface area (Å²) >= 11 is 13.8. The van der Waals surface area contributed by atoms with Crippen molar-refractivity contribution in [3.63, 3.8) is 0 Å². The number of rotatable bonds is 7. The van der Waals surface area contributed by atoms with Crippen LogP contribution in [0, 0.1) is 6.92 Å². The number of carboxylic acid groups (broad SMARTS) is 1. The highest BCUT2D eigenvalue weighted by atomic mass is 79.9. The summed E-state index contributed by atoms with van der Waals surface area (Å²) in [4.78, 5) is 56.0. The average molecular weight is 1290 g/mol. The third kappa shape index (κ3) is 19.1. The van der Waals surface area contributed by atoms with Crippen molar-refractivity contribution in [3.8, 4) is 0 Å². The number of carbonyl (C=O) groups excluding carboxylic acids is 2. The lowest BCUT2D eigenvalue weighted by molar-refractivity contribution is 0.0522. The highest BCUT2D eigenvalue weighted by Gasteiger charge is 2.20. The highest BCUT2D eigenvalue weighted by molar-refractivity contribution is 9.10. The second-order valence-electron chi connectivity index (χ2n) is 19.4. The molecule has 1 aliphatic heterocycles. The number of ether oxygens (including phenoxy) is 2. The number of Topliss-reactive ketones (excluding diaryl/α,β-unsaturated/α-hetero) is 1. The van der Waals surface area contributed by atoms with Crippen LogP contribution in [0.4, 0.5) is 39.3 Å². The number of H-pyrrole nitrogens is 2. The Hall–Kier alpha value is -8.46. The Morgan fingerprint density at radius 2 is 1.54 bits per heavy atom. The number of carboxylic acids is 1. The van der Waals surface area contributed by atoms with Crippen LogP contribution < -0.4 is 27.0 Å². The van der Waals surface area contributed by atoms with E-state index in [0.717, 1.165) is 94.7 Å². The molecule has 0 spiro atoms. The molecular weight excluding hydrogens is 1230 g/mol. The molecule has 1 unspecified atom stereocenters. The summed E-state index contributed by atoms with van der Waals surface area (Å²) in [5, 5.41) is 37.3. The predicted molar refractivity (Wildman–Crippen MR) is 335 cm³/mol. The molecule has 11 aromatic rings. The van der Waals surface area contributed by atoms with Gasteiger partial charge in [0.2, 0.25) is 5.28 Å². The van der Waals surface area contributed by atoms with Gasteiger partial charge in [0.25, 0.3) is 0 Å². The fourth-order valence-electron chi connectivity index (χ4n) is 7.38. The number of nitrogens with zero attached hydrogens (tertiary/aromatic N) is 10. The predicted octanol–water partition coefficient (Wildman–Crippen LogP) is 12.8. The minimum absolute atomic E-state index is 0.0623. The largest absolute Gasteiger partial charge is 0.477 e. The molecule has 0 saturated carbocycles. The van der Waals surface area contributed by atoms with Crippen LogP contribution in [0.25, 0.3) is 42.8 Å². The van der Waals surface area contributed by atoms with Crippen LogP contribution in [-0.4, -0.2) is 117 Å². The number of benzene rings is 4. The number of nitrogens with one attached hydrogen (secondary N) is 4. The quantitative estimate of drug-likeness (QED) is 0.0576. The normalized spacial score (nSPS) is 12.4. The number of thiophene rings is 1. The van der Waals surface area contributed by atoms with Gasteiger partial charge in [-0.1, -0.05) is 44.0 Å². The SMILES string of the molecule is CC(=O)c1cc2ccc(Br)cc2[nH]1.CC(C)(C)OC(=O)n1ncc2cc(Nc3ccnc(Cl)n3)ccc21.Cc1nc(Nc2ccc3[nH]ncc3c2)cc(N(C)C)n1.NC1CCOC1.Nc1ccnnc1.O=C(O)c1cc2ccc(Br)cc2s1. The summed E-state index contributed by atoms with van der Waals surface area (Å²) in [7, 11) is 3.92. The van der Waals surface area contributed by atoms with Gasteiger partial charge in [-0.3, -0.25) is 9.89 Å². The average Bonchev–Trinajstić information content (AvgIpc) is 4.36. The van der Waals surface area contributed by atoms with Crippen molar-refractivity contribution in [1.29, 1.82) is 0 Å². The van der Waals surface area contributed by atoms with Crippen molar-refractivity contribution in [1.82, 2.24) is 55.1 Å². The Morgan fingerprint density at radius 3 is 2.17 bits per heavy atom. The molecule has 22 nitrogen and oxygen atoms in total. The van der Waals surface area contributed by atoms with Gasteiger partial charge in [-0.05, 0) is 136 Å². The molecule has 9 N–H and O–H groups in total. The van der Waals surface area contributed by atoms with Crippen molar-refractivity contribution < 1.29 is 29.0 Å². The van der Waals surface area contributed by atoms with Gasteiger partial charge in [0.1, 0.15) is 33.8 Å². The number of aromatic amines is 2. The van der Waals surface area contributed by atoms with Gasteiger partial charge in [-0.25, -0.2) is 29.5 Å². The van der Waals surface area contributed by atoms with E-state index in [9.17, 15) is 14.4 Å². The third-order valence-corrected chi connectivity index (χ3v) is 13.5. The molecule has 8 heterocycles. The zero-order chi connectivity index (χ0) is 59.8. The minimum Gasteiger partial charge on any atom is -0.477 e. The first-order chi connectivity index (χ1) is 39.5. The Labute approximate surface area is 502 Å². The standard InChI is InChI=1S/C16H16ClN5O2.C14H16N6.C10H8BrNO.C9H5BrO2S.C4H5N3.C4H9NO/c1-16(2,3)24-15(23)22-12-5-4-11(8-10(12)9-19-22)20-13-6-7-18-14(17)21-13;1-9-16-13(7-14(17-9)20(2)3)18-11-4-5-12-10(6-11)8-15-19-12;1-6(13)9-4-7-2-3-8(11)5-10(7)12-9;10-6-2-1-5-3-8(9(11)12)13-7(5)4-6;5-4-1-2-6-7-3-4;5-4-1-2-6-3-4/h4-9H,1-3H3,(H,18,20,21);4-8H,1-3H3,(H,15,19)(H,16,17,18);2-5,12H,1H3;1-4H,(H,11,12);1-3H,(H2,5,6);4H,1-3,5H2. The Morgan fingerprint density at radius 1 is 0.819 bits per heavy atom. The second-order valence-corrected chi connectivity index (χ2v) is 22.6. The summed E-state index contributed by atoms with van der Waals surface area (Å²) in [5.41, 5.74) is 15.8. The number of aromatic nitrogens is 11. The lowest BCUT2D eigenvalue weighted by atomic mass is 10.2. The van der Waals surface area contributed by atoms with E-state index in [1.54, 1.807) is 56.0 Å². The Balaban J connectivity index is 0.000000151. The number of nitrogen functional groups attached to an aromatic ring is 1. The number of halogens is 3. The molecule has 4 aromatic carbocycles. The number of nitrogens with two attached hydrogens (primary N) is 2. The van der Waals surface area contributed by atoms with Crippen LogP contribution in [-0.2, 0) is 9.47 Å². The number of anilines is 6. The monoisotopic (exact) mass is 1290 g/mol. The minimum atomic E-state index is -0.864. The van der Waals surface area contributed by atoms with E-state index in [1.807, 2.05) is 126 Å². The molecule has 26 heteroatoms. The zero-order valence-electron chi connectivity index (χ0n) is 46.1. The van der Waals surface area contributed by atoms with Gasteiger partial charge in [0.05, 0.1) is 53.8 Å². The van der Waals surface area contributed by atoms with Crippen LogP contribution in [0.5, 0.6) is 0 Å². The molecular formula is C57H59Br2ClN16O6S. The number of ketones is 1. The number of hydrogen-bond donors (Lipinski definition) is 7. The van der Waals surface area contributed by atoms with Crippen molar-refractivity contribution >= 4 is 150 Å². The van der Waals surface area contributed by atoms with Gasteiger partial charge >= 0.3 is 12.1 Å². The first kappa shape index (κ1) is 62.1. The van der Waals surface area contributed by atoms with E-state index in [4.69, 9.17) is 37.6 Å². The van der Waals surface area contributed by atoms with Crippen LogP contribution in [0.3, 0.4) is 0 Å². The lowest BCUT2D eigenvalue weighted by Gasteiger charge is -2.19. The summed E-state index contributed by atoms with van der Waals surface area (Å²) in [6.45, 7) is 10.5. The maximum absolute atomic E-state index is 12.2. The fraction of sp³-hybridized carbons (Fsp3) is 0.211. The van der Waals surface area contributed by atoms with Gasteiger partial charge in [0, 0.05) is 92.6 Å². The maximum atomic E-state index is 12.2. The number of aromatic carboxylic acids is 1.